The third-order valence-electron chi connectivity index (χ3n) is 5.72. The van der Waals surface area contributed by atoms with E-state index in [4.69, 9.17) is 0 Å². The van der Waals surface area contributed by atoms with Crippen molar-refractivity contribution in [2.75, 3.05) is 0 Å². The molecule has 1 aliphatic heterocycles. The molecule has 0 unspecified atom stereocenters. The Morgan fingerprint density at radius 3 is 2.52 bits per heavy atom. The van der Waals surface area contributed by atoms with Crippen LogP contribution in [0, 0.1) is 0 Å². The lowest BCUT2D eigenvalue weighted by atomic mass is 9.94. The maximum absolute atomic E-state index is 14.9. The summed E-state index contributed by atoms with van der Waals surface area (Å²) < 4.78 is 34.2. The van der Waals surface area contributed by atoms with Gasteiger partial charge in [-0.2, -0.15) is 8.78 Å². The number of nitrogens with zero attached hydrogens (tertiary/aromatic N) is 3. The van der Waals surface area contributed by atoms with E-state index < -0.39 is 5.92 Å². The number of fused-ring (bicyclic) bond motifs is 4. The Morgan fingerprint density at radius 1 is 1.00 bits per heavy atom. The maximum Gasteiger partial charge on any atom is 0.332 e. The molecule has 0 saturated heterocycles. The molecule has 0 saturated carbocycles. The van der Waals surface area contributed by atoms with Crippen molar-refractivity contribution >= 4 is 10.8 Å². The fourth-order valence-corrected chi connectivity index (χ4v) is 4.21. The van der Waals surface area contributed by atoms with E-state index >= 15 is 0 Å². The quantitative estimate of drug-likeness (QED) is 0.434. The number of aryl methyl sites for hydroxylation is 1. The van der Waals surface area contributed by atoms with E-state index in [9.17, 15) is 18.4 Å². The van der Waals surface area contributed by atoms with Gasteiger partial charge in [-0.1, -0.05) is 35.9 Å². The number of alkyl halides is 2. The predicted molar refractivity (Wildman–Crippen MR) is 116 cm³/mol. The van der Waals surface area contributed by atoms with Crippen LogP contribution in [0.5, 0.6) is 0 Å². The highest BCUT2D eigenvalue weighted by molar-refractivity contribution is 5.87. The average molecular weight is 419 g/mol. The molecule has 0 atom stereocenters. The second kappa shape index (κ2) is 6.63. The van der Waals surface area contributed by atoms with Gasteiger partial charge in [0.05, 0.1) is 11.4 Å². The molecule has 31 heavy (non-hydrogen) atoms. The number of hydrogen-bond donors (Lipinski definition) is 0. The van der Waals surface area contributed by atoms with Gasteiger partial charge in [0.2, 0.25) is 0 Å². The Hall–Kier alpha value is -3.74. The lowest BCUT2D eigenvalue weighted by Gasteiger charge is -2.24. The number of rotatable bonds is 1. The summed E-state index contributed by atoms with van der Waals surface area (Å²) in [5, 5.41) is 1.05. The first kappa shape index (κ1) is 19.2. The lowest BCUT2D eigenvalue weighted by Crippen LogP contribution is -2.26. The van der Waals surface area contributed by atoms with E-state index in [-0.39, 0.29) is 23.4 Å². The molecule has 5 rings (SSSR count). The van der Waals surface area contributed by atoms with Crippen molar-refractivity contribution in [3.63, 3.8) is 0 Å². The molecule has 156 valence electrons. The Morgan fingerprint density at radius 2 is 1.77 bits per heavy atom. The van der Waals surface area contributed by atoms with Crippen molar-refractivity contribution in [1.82, 2.24) is 13.7 Å². The molecular weight excluding hydrogens is 400 g/mol. The average Bonchev–Trinajstić information content (AvgIpc) is 3.07. The standard InChI is InChI=1S/C24H19F2N3O2/c1-15-13-24(25,26)20-6-4-3-5-18(20)21-11-16-7-8-17(28-10-9-27(2)23(28)31)12-19(16)22(30)29(21)14-15/h3-13H,14H2,1-2H3. The summed E-state index contributed by atoms with van der Waals surface area (Å²) in [4.78, 5) is 25.8. The van der Waals surface area contributed by atoms with E-state index in [2.05, 4.69) is 0 Å². The molecule has 0 aliphatic carbocycles. The third-order valence-corrected chi connectivity index (χ3v) is 5.72. The molecule has 2 aromatic heterocycles. The van der Waals surface area contributed by atoms with Gasteiger partial charge >= 0.3 is 5.69 Å². The highest BCUT2D eigenvalue weighted by atomic mass is 19.3. The van der Waals surface area contributed by atoms with Crippen LogP contribution in [0.2, 0.25) is 0 Å². The van der Waals surface area contributed by atoms with Crippen LogP contribution in [-0.4, -0.2) is 13.7 Å². The monoisotopic (exact) mass is 419 g/mol. The van der Waals surface area contributed by atoms with Crippen LogP contribution < -0.4 is 11.2 Å². The molecule has 7 heteroatoms. The zero-order valence-corrected chi connectivity index (χ0v) is 17.0. The highest BCUT2D eigenvalue weighted by Crippen LogP contribution is 2.39. The molecule has 0 radical (unpaired) electrons. The molecular formula is C24H19F2N3O2. The molecule has 1 aliphatic rings. The minimum atomic E-state index is -3.13. The molecule has 0 spiro atoms. The molecule has 0 bridgehead atoms. The predicted octanol–water partition coefficient (Wildman–Crippen LogP) is 4.21. The number of hydrogen-bond acceptors (Lipinski definition) is 2. The summed E-state index contributed by atoms with van der Waals surface area (Å²) in [6.45, 7) is 1.66. The van der Waals surface area contributed by atoms with Gasteiger partial charge in [-0.05, 0) is 36.6 Å². The normalized spacial score (nSPS) is 15.0. The van der Waals surface area contributed by atoms with Gasteiger partial charge in [-0.15, -0.1) is 0 Å². The Kier molecular flexibility index (Phi) is 4.12. The van der Waals surface area contributed by atoms with Crippen molar-refractivity contribution in [2.45, 2.75) is 19.4 Å². The summed E-state index contributed by atoms with van der Waals surface area (Å²) in [6.07, 6.45) is 4.20. The second-order valence-corrected chi connectivity index (χ2v) is 7.91. The topological polar surface area (TPSA) is 48.9 Å². The molecule has 5 nitrogen and oxygen atoms in total. The number of allylic oxidation sites excluding steroid dienone is 2. The largest absolute Gasteiger partial charge is 0.332 e. The van der Waals surface area contributed by atoms with E-state index in [1.54, 1.807) is 68.8 Å². The lowest BCUT2D eigenvalue weighted by molar-refractivity contribution is 0.0512. The van der Waals surface area contributed by atoms with Gasteiger partial charge in [-0.3, -0.25) is 9.36 Å². The van der Waals surface area contributed by atoms with Gasteiger partial charge in [0.1, 0.15) is 0 Å². The molecule has 3 heterocycles. The maximum atomic E-state index is 14.9. The number of halogens is 2. The number of pyridine rings is 1. The van der Waals surface area contributed by atoms with E-state index in [1.165, 1.54) is 19.8 Å². The van der Waals surface area contributed by atoms with Crippen molar-refractivity contribution in [3.05, 3.63) is 99.0 Å². The van der Waals surface area contributed by atoms with Gasteiger partial charge in [0.25, 0.3) is 11.5 Å². The molecule has 0 N–H and O–H groups in total. The Bertz CT molecular complexity index is 1510. The number of imidazole rings is 1. The van der Waals surface area contributed by atoms with Crippen LogP contribution >= 0.6 is 0 Å². The van der Waals surface area contributed by atoms with E-state index in [1.807, 2.05) is 0 Å². The second-order valence-electron chi connectivity index (χ2n) is 7.91. The van der Waals surface area contributed by atoms with E-state index in [0.29, 0.717) is 33.3 Å². The fraction of sp³-hybridized carbons (Fsp3) is 0.167. The molecule has 2 aromatic carbocycles. The first-order chi connectivity index (χ1) is 14.8. The summed E-state index contributed by atoms with van der Waals surface area (Å²) in [5.41, 5.74) is 1.11. The van der Waals surface area contributed by atoms with Crippen LogP contribution in [-0.2, 0) is 19.5 Å². The minimum absolute atomic E-state index is 0.0591. The number of benzene rings is 2. The number of aromatic nitrogens is 3. The molecule has 0 fully saturated rings. The first-order valence-corrected chi connectivity index (χ1v) is 9.84. The molecule has 4 aromatic rings. The SMILES string of the molecule is CC1=CC(F)(F)c2ccccc2-c2cc3ccc(-n4ccn(C)c4=O)cc3c(=O)n2C1. The minimum Gasteiger partial charge on any atom is -0.304 e. The van der Waals surface area contributed by atoms with Crippen LogP contribution in [0.3, 0.4) is 0 Å². The summed E-state index contributed by atoms with van der Waals surface area (Å²) in [6, 6.07) is 13.2. The van der Waals surface area contributed by atoms with Crippen LogP contribution in [0.1, 0.15) is 12.5 Å². The van der Waals surface area contributed by atoms with Gasteiger partial charge in [-0.25, -0.2) is 4.79 Å². The Balaban J connectivity index is 1.82. The van der Waals surface area contributed by atoms with Gasteiger partial charge in [0.15, 0.2) is 0 Å². The fourth-order valence-electron chi connectivity index (χ4n) is 4.21. The van der Waals surface area contributed by atoms with Crippen molar-refractivity contribution in [1.29, 1.82) is 0 Å². The van der Waals surface area contributed by atoms with Crippen LogP contribution in [0.4, 0.5) is 8.78 Å². The Labute approximate surface area is 176 Å². The van der Waals surface area contributed by atoms with Crippen LogP contribution in [0.15, 0.2) is 82.2 Å². The van der Waals surface area contributed by atoms with Crippen molar-refractivity contribution in [3.8, 4) is 16.9 Å². The summed E-state index contributed by atoms with van der Waals surface area (Å²) in [5.74, 6) is -3.13. The smallest absolute Gasteiger partial charge is 0.304 e. The highest BCUT2D eigenvalue weighted by Gasteiger charge is 2.34. The van der Waals surface area contributed by atoms with Crippen molar-refractivity contribution < 1.29 is 8.78 Å². The third kappa shape index (κ3) is 2.96. The zero-order valence-electron chi connectivity index (χ0n) is 17.0. The van der Waals surface area contributed by atoms with Crippen LogP contribution in [0.25, 0.3) is 27.7 Å². The summed E-state index contributed by atoms with van der Waals surface area (Å²) in [7, 11) is 1.65. The van der Waals surface area contributed by atoms with Gasteiger partial charge < -0.3 is 9.13 Å². The zero-order chi connectivity index (χ0) is 21.9. The molecule has 0 amide bonds. The van der Waals surface area contributed by atoms with Gasteiger partial charge in [0, 0.05) is 42.5 Å². The first-order valence-electron chi connectivity index (χ1n) is 9.84. The van der Waals surface area contributed by atoms with Crippen molar-refractivity contribution in [2.24, 2.45) is 7.05 Å². The summed E-state index contributed by atoms with van der Waals surface area (Å²) >= 11 is 0. The van der Waals surface area contributed by atoms with E-state index in [0.717, 1.165) is 6.08 Å².